The van der Waals surface area contributed by atoms with E-state index >= 15 is 0 Å². The summed E-state index contributed by atoms with van der Waals surface area (Å²) in [5, 5.41) is 3.08. The van der Waals surface area contributed by atoms with Gasteiger partial charge in [-0.15, -0.1) is 24.0 Å². The van der Waals surface area contributed by atoms with Crippen molar-refractivity contribution in [3.8, 4) is 0 Å². The third kappa shape index (κ3) is 4.98. The topological polar surface area (TPSA) is 50.4 Å². The monoisotopic (exact) mass is 463 g/mol. The van der Waals surface area contributed by atoms with Crippen LogP contribution in [0.1, 0.15) is 31.7 Å². The lowest BCUT2D eigenvalue weighted by atomic mass is 9.64. The lowest BCUT2D eigenvalue weighted by Crippen LogP contribution is -2.40. The van der Waals surface area contributed by atoms with Gasteiger partial charge in [0.2, 0.25) is 0 Å². The number of nitrogens with one attached hydrogen (secondary N) is 1. The molecule has 1 aliphatic rings. The number of aliphatic imine (C=N–C) groups is 1. The molecule has 1 aromatic rings. The number of hydrogen-bond acceptors (Lipinski definition) is 1. The molecule has 0 amide bonds. The van der Waals surface area contributed by atoms with Crippen molar-refractivity contribution in [1.29, 1.82) is 0 Å². The Morgan fingerprint density at radius 2 is 2.00 bits per heavy atom. The second-order valence-electron chi connectivity index (χ2n) is 5.65. The average Bonchev–Trinajstić information content (AvgIpc) is 2.37. The Hall–Kier alpha value is -0.560. The molecule has 0 unspecified atom stereocenters. The molecule has 0 saturated heterocycles. The van der Waals surface area contributed by atoms with Crippen LogP contribution in [0.2, 0.25) is 0 Å². The molecule has 5 heteroatoms. The van der Waals surface area contributed by atoms with Crippen molar-refractivity contribution in [3.63, 3.8) is 0 Å². The average molecular weight is 464 g/mol. The quantitative estimate of drug-likeness (QED) is 0.300. The highest BCUT2D eigenvalue weighted by Gasteiger charge is 2.38. The van der Waals surface area contributed by atoms with Crippen LogP contribution in [-0.2, 0) is 5.41 Å². The predicted molar refractivity (Wildman–Crippen MR) is 104 cm³/mol. The van der Waals surface area contributed by atoms with Crippen LogP contribution in [-0.4, -0.2) is 19.0 Å². The Labute approximate surface area is 152 Å². The van der Waals surface area contributed by atoms with Gasteiger partial charge in [-0.3, -0.25) is 4.99 Å². The summed E-state index contributed by atoms with van der Waals surface area (Å²) in [6.07, 6.45) is 3.64. The van der Waals surface area contributed by atoms with Gasteiger partial charge in [-0.1, -0.05) is 46.6 Å². The lowest BCUT2D eigenvalue weighted by Gasteiger charge is -2.41. The van der Waals surface area contributed by atoms with E-state index < -0.39 is 0 Å². The Morgan fingerprint density at radius 3 is 2.48 bits per heavy atom. The Balaban J connectivity index is 0.00000220. The number of nitrogens with two attached hydrogens (primary N) is 1. The second-order valence-corrected chi connectivity index (χ2v) is 6.57. The van der Waals surface area contributed by atoms with Gasteiger partial charge < -0.3 is 11.1 Å². The summed E-state index contributed by atoms with van der Waals surface area (Å²) in [7, 11) is 0. The van der Waals surface area contributed by atoms with E-state index in [-0.39, 0.29) is 29.4 Å². The molecule has 3 nitrogen and oxygen atoms in total. The minimum absolute atomic E-state index is 0. The molecule has 0 atom stereocenters. The largest absolute Gasteiger partial charge is 0.370 e. The van der Waals surface area contributed by atoms with Crippen molar-refractivity contribution >= 4 is 45.9 Å². The van der Waals surface area contributed by atoms with Crippen molar-refractivity contribution in [1.82, 2.24) is 5.32 Å². The normalized spacial score (nSPS) is 16.6. The summed E-state index contributed by atoms with van der Waals surface area (Å²) in [6.45, 7) is 7.24. The summed E-state index contributed by atoms with van der Waals surface area (Å²) >= 11 is 3.48. The van der Waals surface area contributed by atoms with Crippen LogP contribution >= 0.6 is 39.9 Å². The fraction of sp³-hybridized carbons (Fsp3) is 0.438. The van der Waals surface area contributed by atoms with E-state index in [4.69, 9.17) is 5.73 Å². The molecule has 1 saturated carbocycles. The molecular formula is C16H23BrIN3. The van der Waals surface area contributed by atoms with E-state index in [2.05, 4.69) is 57.1 Å². The molecule has 0 aromatic heterocycles. The third-order valence-corrected chi connectivity index (χ3v) is 4.42. The summed E-state index contributed by atoms with van der Waals surface area (Å²) in [5.41, 5.74) is 8.49. The molecule has 2 rings (SSSR count). The fourth-order valence-electron chi connectivity index (χ4n) is 2.48. The fourth-order valence-corrected chi connectivity index (χ4v) is 2.74. The standard InChI is InChI=1S/C16H22BrN3.HI/c1-12(2)10-19-15(18)20-11-16(8-3-9-16)13-4-6-14(17)7-5-13;/h4-7H,1,3,8-11H2,2H3,(H3,18,19,20);1H. The number of hydrogen-bond donors (Lipinski definition) is 2. The Morgan fingerprint density at radius 1 is 1.38 bits per heavy atom. The summed E-state index contributed by atoms with van der Waals surface area (Å²) in [6, 6.07) is 8.58. The highest BCUT2D eigenvalue weighted by Crippen LogP contribution is 2.44. The Bertz CT molecular complexity index is 507. The number of rotatable bonds is 5. The van der Waals surface area contributed by atoms with Gasteiger partial charge in [0, 0.05) is 16.4 Å². The van der Waals surface area contributed by atoms with E-state index in [1.54, 1.807) is 0 Å². The Kier molecular flexibility index (Phi) is 7.20. The molecule has 1 aromatic carbocycles. The zero-order chi connectivity index (χ0) is 14.6. The summed E-state index contributed by atoms with van der Waals surface area (Å²) in [4.78, 5) is 4.52. The maximum atomic E-state index is 5.90. The van der Waals surface area contributed by atoms with Crippen LogP contribution in [0.25, 0.3) is 0 Å². The van der Waals surface area contributed by atoms with Gasteiger partial charge >= 0.3 is 0 Å². The minimum atomic E-state index is 0. The SMILES string of the molecule is C=C(C)CNC(N)=NCC1(c2ccc(Br)cc2)CCC1.I. The number of halogens is 2. The van der Waals surface area contributed by atoms with E-state index in [1.807, 2.05) is 6.92 Å². The maximum absolute atomic E-state index is 5.90. The van der Waals surface area contributed by atoms with Gasteiger partial charge in [-0.2, -0.15) is 0 Å². The van der Waals surface area contributed by atoms with Crippen molar-refractivity contribution < 1.29 is 0 Å². The van der Waals surface area contributed by atoms with Gasteiger partial charge in [0.15, 0.2) is 5.96 Å². The summed E-state index contributed by atoms with van der Waals surface area (Å²) in [5.74, 6) is 0.511. The molecule has 3 N–H and O–H groups in total. The van der Waals surface area contributed by atoms with Gasteiger partial charge in [-0.05, 0) is 37.5 Å². The summed E-state index contributed by atoms with van der Waals surface area (Å²) < 4.78 is 1.11. The van der Waals surface area contributed by atoms with Gasteiger partial charge in [0.1, 0.15) is 0 Å². The van der Waals surface area contributed by atoms with Crippen LogP contribution in [0.3, 0.4) is 0 Å². The molecule has 21 heavy (non-hydrogen) atoms. The third-order valence-electron chi connectivity index (χ3n) is 3.89. The first kappa shape index (κ1) is 18.5. The van der Waals surface area contributed by atoms with E-state index in [1.165, 1.54) is 24.8 Å². The highest BCUT2D eigenvalue weighted by atomic mass is 127. The molecule has 0 aliphatic heterocycles. The molecule has 0 spiro atoms. The van der Waals surface area contributed by atoms with Crippen LogP contribution < -0.4 is 11.1 Å². The molecule has 0 radical (unpaired) electrons. The van der Waals surface area contributed by atoms with Crippen molar-refractivity contribution in [2.24, 2.45) is 10.7 Å². The van der Waals surface area contributed by atoms with Gasteiger partial charge in [0.25, 0.3) is 0 Å². The lowest BCUT2D eigenvalue weighted by molar-refractivity contribution is 0.253. The van der Waals surface area contributed by atoms with Crippen LogP contribution in [0.4, 0.5) is 0 Å². The van der Waals surface area contributed by atoms with Crippen LogP contribution in [0.15, 0.2) is 45.9 Å². The molecule has 1 aliphatic carbocycles. The van der Waals surface area contributed by atoms with Crippen molar-refractivity contribution in [2.45, 2.75) is 31.6 Å². The van der Waals surface area contributed by atoms with Crippen molar-refractivity contribution in [3.05, 3.63) is 46.5 Å². The first-order valence-corrected chi connectivity index (χ1v) is 7.75. The second kappa shape index (κ2) is 8.17. The zero-order valence-electron chi connectivity index (χ0n) is 12.4. The zero-order valence-corrected chi connectivity index (χ0v) is 16.3. The molecule has 116 valence electrons. The first-order chi connectivity index (χ1) is 9.52. The van der Waals surface area contributed by atoms with E-state index in [9.17, 15) is 0 Å². The number of nitrogens with zero attached hydrogens (tertiary/aromatic N) is 1. The molecule has 1 fully saturated rings. The van der Waals surface area contributed by atoms with Gasteiger partial charge in [-0.25, -0.2) is 0 Å². The van der Waals surface area contributed by atoms with E-state index in [0.717, 1.165) is 16.6 Å². The molecular weight excluding hydrogens is 441 g/mol. The number of benzene rings is 1. The predicted octanol–water partition coefficient (Wildman–Crippen LogP) is 3.97. The van der Waals surface area contributed by atoms with Crippen LogP contribution in [0, 0.1) is 0 Å². The first-order valence-electron chi connectivity index (χ1n) is 6.96. The smallest absolute Gasteiger partial charge is 0.188 e. The molecule has 0 heterocycles. The molecule has 0 bridgehead atoms. The van der Waals surface area contributed by atoms with Crippen LogP contribution in [0.5, 0.6) is 0 Å². The van der Waals surface area contributed by atoms with E-state index in [0.29, 0.717) is 12.5 Å². The van der Waals surface area contributed by atoms with Crippen molar-refractivity contribution in [2.75, 3.05) is 13.1 Å². The highest BCUT2D eigenvalue weighted by molar-refractivity contribution is 14.0. The minimum Gasteiger partial charge on any atom is -0.370 e. The maximum Gasteiger partial charge on any atom is 0.188 e. The van der Waals surface area contributed by atoms with Gasteiger partial charge in [0.05, 0.1) is 6.54 Å². The number of guanidine groups is 1.